The van der Waals surface area contributed by atoms with Crippen LogP contribution in [0.1, 0.15) is 11.4 Å². The Hall–Kier alpha value is -1.66. The first-order valence-electron chi connectivity index (χ1n) is 5.88. The SMILES string of the molecule is Cc1nc2c(cc(OCCC(=N)N)c3ccsc32)s1. The minimum absolute atomic E-state index is 0.149. The van der Waals surface area contributed by atoms with E-state index in [1.54, 1.807) is 22.7 Å². The second-order valence-electron chi connectivity index (χ2n) is 4.24. The highest BCUT2D eigenvalue weighted by atomic mass is 32.1. The monoisotopic (exact) mass is 291 g/mol. The van der Waals surface area contributed by atoms with Gasteiger partial charge in [0.05, 0.1) is 32.4 Å². The zero-order valence-electron chi connectivity index (χ0n) is 10.4. The number of rotatable bonds is 4. The summed E-state index contributed by atoms with van der Waals surface area (Å²) >= 11 is 3.35. The second-order valence-corrected chi connectivity index (χ2v) is 6.39. The van der Waals surface area contributed by atoms with Gasteiger partial charge in [-0.05, 0) is 18.4 Å². The summed E-state index contributed by atoms with van der Waals surface area (Å²) in [5.74, 6) is 1.00. The van der Waals surface area contributed by atoms with Crippen molar-refractivity contribution in [1.82, 2.24) is 4.98 Å². The van der Waals surface area contributed by atoms with Crippen LogP contribution in [0.5, 0.6) is 5.75 Å². The van der Waals surface area contributed by atoms with Crippen LogP contribution >= 0.6 is 22.7 Å². The van der Waals surface area contributed by atoms with Crippen LogP contribution in [-0.4, -0.2) is 17.4 Å². The molecule has 6 heteroatoms. The molecule has 1 aromatic carbocycles. The van der Waals surface area contributed by atoms with Gasteiger partial charge >= 0.3 is 0 Å². The zero-order valence-corrected chi connectivity index (χ0v) is 12.0. The third-order valence-electron chi connectivity index (χ3n) is 2.80. The van der Waals surface area contributed by atoms with Gasteiger partial charge in [0, 0.05) is 17.9 Å². The highest BCUT2D eigenvalue weighted by Gasteiger charge is 2.12. The van der Waals surface area contributed by atoms with Crippen LogP contribution in [0.25, 0.3) is 20.3 Å². The fourth-order valence-corrected chi connectivity index (χ4v) is 3.81. The number of nitrogens with two attached hydrogens (primary N) is 1. The highest BCUT2D eigenvalue weighted by molar-refractivity contribution is 7.21. The van der Waals surface area contributed by atoms with Gasteiger partial charge in [-0.1, -0.05) is 0 Å². The number of nitrogens with zero attached hydrogens (tertiary/aromatic N) is 1. The molecule has 0 unspecified atom stereocenters. The van der Waals surface area contributed by atoms with E-state index in [1.807, 2.05) is 13.0 Å². The molecule has 0 spiro atoms. The van der Waals surface area contributed by atoms with Crippen molar-refractivity contribution in [3.05, 3.63) is 22.5 Å². The quantitative estimate of drug-likeness (QED) is 0.570. The first-order chi connectivity index (χ1) is 9.15. The molecule has 98 valence electrons. The van der Waals surface area contributed by atoms with Crippen molar-refractivity contribution < 1.29 is 4.74 Å². The maximum absolute atomic E-state index is 7.22. The Balaban J connectivity index is 2.05. The van der Waals surface area contributed by atoms with Gasteiger partial charge in [-0.25, -0.2) is 4.98 Å². The zero-order chi connectivity index (χ0) is 13.4. The molecule has 0 aliphatic rings. The Kier molecular flexibility index (Phi) is 3.12. The lowest BCUT2D eigenvalue weighted by molar-refractivity contribution is 0.333. The Morgan fingerprint density at radius 3 is 3.16 bits per heavy atom. The van der Waals surface area contributed by atoms with Crippen molar-refractivity contribution in [3.8, 4) is 5.75 Å². The number of aryl methyl sites for hydroxylation is 1. The van der Waals surface area contributed by atoms with E-state index in [1.165, 1.54) is 4.70 Å². The number of aromatic nitrogens is 1. The number of thiazole rings is 1. The van der Waals surface area contributed by atoms with Crippen molar-refractivity contribution in [2.24, 2.45) is 5.73 Å². The van der Waals surface area contributed by atoms with E-state index >= 15 is 0 Å². The van der Waals surface area contributed by atoms with Gasteiger partial charge in [0.15, 0.2) is 0 Å². The van der Waals surface area contributed by atoms with Crippen LogP contribution in [0.2, 0.25) is 0 Å². The molecule has 3 aromatic rings. The van der Waals surface area contributed by atoms with Crippen molar-refractivity contribution >= 4 is 48.8 Å². The number of nitrogens with one attached hydrogen (secondary N) is 1. The first-order valence-corrected chi connectivity index (χ1v) is 7.58. The van der Waals surface area contributed by atoms with Crippen LogP contribution in [0.4, 0.5) is 0 Å². The van der Waals surface area contributed by atoms with E-state index in [-0.39, 0.29) is 5.84 Å². The van der Waals surface area contributed by atoms with E-state index in [4.69, 9.17) is 15.9 Å². The summed E-state index contributed by atoms with van der Waals surface area (Å²) in [4.78, 5) is 4.58. The topological polar surface area (TPSA) is 72.0 Å². The number of amidine groups is 1. The van der Waals surface area contributed by atoms with Gasteiger partial charge in [-0.2, -0.15) is 0 Å². The number of fused-ring (bicyclic) bond motifs is 3. The molecule has 2 heterocycles. The lowest BCUT2D eigenvalue weighted by Crippen LogP contribution is -2.13. The second kappa shape index (κ2) is 4.79. The fourth-order valence-electron chi connectivity index (χ4n) is 1.98. The average molecular weight is 291 g/mol. The molecule has 0 saturated carbocycles. The molecule has 4 nitrogen and oxygen atoms in total. The van der Waals surface area contributed by atoms with Crippen LogP contribution in [0, 0.1) is 12.3 Å². The highest BCUT2D eigenvalue weighted by Crippen LogP contribution is 2.38. The normalized spacial score (nSPS) is 11.2. The summed E-state index contributed by atoms with van der Waals surface area (Å²) in [7, 11) is 0. The first kappa shape index (κ1) is 12.4. The Morgan fingerprint density at radius 2 is 2.37 bits per heavy atom. The molecule has 3 N–H and O–H groups in total. The van der Waals surface area contributed by atoms with Crippen molar-refractivity contribution in [3.63, 3.8) is 0 Å². The molecule has 19 heavy (non-hydrogen) atoms. The van der Waals surface area contributed by atoms with Crippen LogP contribution in [-0.2, 0) is 0 Å². The summed E-state index contributed by atoms with van der Waals surface area (Å²) < 4.78 is 8.08. The number of thiophene rings is 1. The van der Waals surface area contributed by atoms with Gasteiger partial charge < -0.3 is 10.5 Å². The maximum atomic E-state index is 7.22. The van der Waals surface area contributed by atoms with Crippen LogP contribution < -0.4 is 10.5 Å². The minimum atomic E-state index is 0.149. The predicted molar refractivity (Wildman–Crippen MR) is 81.8 cm³/mol. The lowest BCUT2D eigenvalue weighted by atomic mass is 10.2. The van der Waals surface area contributed by atoms with E-state index in [0.717, 1.165) is 26.4 Å². The van der Waals surface area contributed by atoms with E-state index in [9.17, 15) is 0 Å². The number of benzene rings is 1. The third-order valence-corrected chi connectivity index (χ3v) is 4.64. The number of ether oxygens (including phenoxy) is 1. The predicted octanol–water partition coefficient (Wildman–Crippen LogP) is 3.52. The summed E-state index contributed by atoms with van der Waals surface area (Å²) in [5, 5.41) is 11.4. The standard InChI is InChI=1S/C13H13N3OS2/c1-7-16-12-10(19-7)6-9(17-4-2-11(14)15)8-3-5-18-13(8)12/h3,5-6H,2,4H2,1H3,(H3,14,15). The average Bonchev–Trinajstić information content (AvgIpc) is 2.93. The fraction of sp³-hybridized carbons (Fsp3) is 0.231. The molecule has 0 fully saturated rings. The van der Waals surface area contributed by atoms with E-state index < -0.39 is 0 Å². The summed E-state index contributed by atoms with van der Waals surface area (Å²) in [6.07, 6.45) is 0.450. The third kappa shape index (κ3) is 2.29. The lowest BCUT2D eigenvalue weighted by Gasteiger charge is -2.07. The smallest absolute Gasteiger partial charge is 0.129 e. The Bertz CT molecular complexity index is 760. The van der Waals surface area contributed by atoms with E-state index in [0.29, 0.717) is 13.0 Å². The van der Waals surface area contributed by atoms with Crippen LogP contribution in [0.3, 0.4) is 0 Å². The number of hydrogen-bond donors (Lipinski definition) is 2. The summed E-state index contributed by atoms with van der Waals surface area (Å²) in [6.45, 7) is 2.45. The van der Waals surface area contributed by atoms with Crippen molar-refractivity contribution in [1.29, 1.82) is 5.41 Å². The molecule has 0 saturated heterocycles. The van der Waals surface area contributed by atoms with Gasteiger partial charge in [0.1, 0.15) is 5.75 Å². The minimum Gasteiger partial charge on any atom is -0.492 e. The summed E-state index contributed by atoms with van der Waals surface area (Å²) in [6, 6.07) is 4.09. The molecule has 0 aliphatic carbocycles. The largest absolute Gasteiger partial charge is 0.492 e. The van der Waals surface area contributed by atoms with Gasteiger partial charge in [0.2, 0.25) is 0 Å². The molecule has 0 bridgehead atoms. The maximum Gasteiger partial charge on any atom is 0.129 e. The van der Waals surface area contributed by atoms with Gasteiger partial charge in [0.25, 0.3) is 0 Å². The molecule has 0 aliphatic heterocycles. The molecular formula is C13H13N3OS2. The Labute approximate surface area is 118 Å². The van der Waals surface area contributed by atoms with Gasteiger partial charge in [-0.3, -0.25) is 5.41 Å². The Morgan fingerprint density at radius 1 is 1.53 bits per heavy atom. The molecule has 0 radical (unpaired) electrons. The molecule has 0 atom stereocenters. The van der Waals surface area contributed by atoms with Gasteiger partial charge in [-0.15, -0.1) is 22.7 Å². The molecule has 0 amide bonds. The molecule has 3 rings (SSSR count). The van der Waals surface area contributed by atoms with Crippen molar-refractivity contribution in [2.45, 2.75) is 13.3 Å². The van der Waals surface area contributed by atoms with Crippen molar-refractivity contribution in [2.75, 3.05) is 6.61 Å². The number of hydrogen-bond acceptors (Lipinski definition) is 5. The van der Waals surface area contributed by atoms with Crippen LogP contribution in [0.15, 0.2) is 17.5 Å². The summed E-state index contributed by atoms with van der Waals surface area (Å²) in [5.41, 5.74) is 6.40. The molecule has 2 aromatic heterocycles. The van der Waals surface area contributed by atoms with E-state index in [2.05, 4.69) is 16.4 Å². The molecular weight excluding hydrogens is 278 g/mol.